The maximum absolute atomic E-state index is 13.9. The fourth-order valence-corrected chi connectivity index (χ4v) is 1.99. The number of hydrogen-bond acceptors (Lipinski definition) is 2. The molecule has 0 fully saturated rings. The van der Waals surface area contributed by atoms with Gasteiger partial charge in [-0.15, -0.1) is 0 Å². The SMILES string of the molecule is CCCNC(c1ccncc1)c1cc(F)ccc1F. The molecule has 1 N–H and O–H groups in total. The highest BCUT2D eigenvalue weighted by molar-refractivity contribution is 5.32. The van der Waals surface area contributed by atoms with Crippen LogP contribution in [0.5, 0.6) is 0 Å². The number of aromatic nitrogens is 1. The third kappa shape index (κ3) is 3.35. The number of benzene rings is 1. The summed E-state index contributed by atoms with van der Waals surface area (Å²) in [5, 5.41) is 3.24. The van der Waals surface area contributed by atoms with Crippen LogP contribution in [0.2, 0.25) is 0 Å². The minimum absolute atomic E-state index is 0.319. The van der Waals surface area contributed by atoms with Crippen LogP contribution in [0.15, 0.2) is 42.7 Å². The van der Waals surface area contributed by atoms with Gasteiger partial charge in [0.2, 0.25) is 0 Å². The number of hydrogen-bond donors (Lipinski definition) is 1. The second-order valence-electron chi connectivity index (χ2n) is 4.33. The third-order valence-electron chi connectivity index (χ3n) is 2.91. The van der Waals surface area contributed by atoms with Crippen molar-refractivity contribution in [2.24, 2.45) is 0 Å². The second kappa shape index (κ2) is 6.38. The van der Waals surface area contributed by atoms with Crippen LogP contribution in [0, 0.1) is 11.6 Å². The van der Waals surface area contributed by atoms with Crippen molar-refractivity contribution < 1.29 is 8.78 Å². The number of nitrogens with one attached hydrogen (secondary N) is 1. The Bertz CT molecular complexity index is 529. The van der Waals surface area contributed by atoms with E-state index in [0.717, 1.165) is 30.7 Å². The number of pyridine rings is 1. The lowest BCUT2D eigenvalue weighted by molar-refractivity contribution is 0.535. The molecule has 0 spiro atoms. The van der Waals surface area contributed by atoms with Crippen LogP contribution in [-0.2, 0) is 0 Å². The van der Waals surface area contributed by atoms with E-state index in [4.69, 9.17) is 0 Å². The largest absolute Gasteiger partial charge is 0.306 e. The molecule has 0 aliphatic carbocycles. The summed E-state index contributed by atoms with van der Waals surface area (Å²) in [5.74, 6) is -0.847. The second-order valence-corrected chi connectivity index (χ2v) is 4.33. The van der Waals surface area contributed by atoms with E-state index < -0.39 is 11.6 Å². The van der Waals surface area contributed by atoms with Gasteiger partial charge < -0.3 is 5.32 Å². The molecule has 0 aliphatic heterocycles. The molecule has 0 amide bonds. The number of halogens is 2. The molecular weight excluding hydrogens is 246 g/mol. The van der Waals surface area contributed by atoms with E-state index in [2.05, 4.69) is 10.3 Å². The van der Waals surface area contributed by atoms with Crippen molar-refractivity contribution in [3.05, 3.63) is 65.5 Å². The van der Waals surface area contributed by atoms with Crippen molar-refractivity contribution >= 4 is 0 Å². The minimum atomic E-state index is -0.436. The average molecular weight is 262 g/mol. The summed E-state index contributed by atoms with van der Waals surface area (Å²) in [7, 11) is 0. The molecule has 0 radical (unpaired) electrons. The van der Waals surface area contributed by atoms with E-state index in [1.165, 1.54) is 6.07 Å². The summed E-state index contributed by atoms with van der Waals surface area (Å²) >= 11 is 0. The summed E-state index contributed by atoms with van der Waals surface area (Å²) in [6.45, 7) is 2.75. The monoisotopic (exact) mass is 262 g/mol. The number of nitrogens with zero attached hydrogens (tertiary/aromatic N) is 1. The van der Waals surface area contributed by atoms with Gasteiger partial charge in [0.25, 0.3) is 0 Å². The first-order chi connectivity index (χ1) is 9.22. The summed E-state index contributed by atoms with van der Waals surface area (Å²) in [6, 6.07) is 6.77. The molecule has 0 saturated heterocycles. The van der Waals surface area contributed by atoms with Gasteiger partial charge in [0, 0.05) is 18.0 Å². The summed E-state index contributed by atoms with van der Waals surface area (Å²) in [5.41, 5.74) is 1.19. The fraction of sp³-hybridized carbons (Fsp3) is 0.267. The molecule has 0 saturated carbocycles. The molecule has 1 heterocycles. The Balaban J connectivity index is 2.40. The molecule has 2 nitrogen and oxygen atoms in total. The lowest BCUT2D eigenvalue weighted by atomic mass is 9.99. The third-order valence-corrected chi connectivity index (χ3v) is 2.91. The molecule has 4 heteroatoms. The zero-order valence-corrected chi connectivity index (χ0v) is 10.7. The van der Waals surface area contributed by atoms with Crippen molar-refractivity contribution in [3.63, 3.8) is 0 Å². The average Bonchev–Trinajstić information content (AvgIpc) is 2.44. The highest BCUT2D eigenvalue weighted by Crippen LogP contribution is 2.24. The summed E-state index contributed by atoms with van der Waals surface area (Å²) < 4.78 is 27.2. The maximum Gasteiger partial charge on any atom is 0.128 e. The molecular formula is C15H16F2N2. The normalized spacial score (nSPS) is 12.4. The van der Waals surface area contributed by atoms with Gasteiger partial charge in [0.15, 0.2) is 0 Å². The van der Waals surface area contributed by atoms with Crippen LogP contribution in [0.1, 0.15) is 30.5 Å². The van der Waals surface area contributed by atoms with Gasteiger partial charge >= 0.3 is 0 Å². The molecule has 0 bridgehead atoms. The van der Waals surface area contributed by atoms with Crippen LogP contribution < -0.4 is 5.32 Å². The quantitative estimate of drug-likeness (QED) is 0.892. The molecule has 1 aromatic carbocycles. The van der Waals surface area contributed by atoms with Gasteiger partial charge in [0.05, 0.1) is 6.04 Å². The van der Waals surface area contributed by atoms with Gasteiger partial charge in [-0.3, -0.25) is 4.98 Å². The Hall–Kier alpha value is -1.81. The van der Waals surface area contributed by atoms with Crippen LogP contribution >= 0.6 is 0 Å². The van der Waals surface area contributed by atoms with Crippen LogP contribution in [-0.4, -0.2) is 11.5 Å². The zero-order chi connectivity index (χ0) is 13.7. The molecule has 2 aromatic rings. The predicted molar refractivity (Wildman–Crippen MR) is 70.7 cm³/mol. The lowest BCUT2D eigenvalue weighted by Gasteiger charge is -2.20. The molecule has 1 unspecified atom stereocenters. The first-order valence-corrected chi connectivity index (χ1v) is 6.30. The summed E-state index contributed by atoms with van der Waals surface area (Å²) in [6.07, 6.45) is 4.21. The molecule has 19 heavy (non-hydrogen) atoms. The summed E-state index contributed by atoms with van der Waals surface area (Å²) in [4.78, 5) is 3.95. The maximum atomic E-state index is 13.9. The number of rotatable bonds is 5. The Morgan fingerprint density at radius 3 is 2.58 bits per heavy atom. The van der Waals surface area contributed by atoms with E-state index >= 15 is 0 Å². The Kier molecular flexibility index (Phi) is 4.58. The minimum Gasteiger partial charge on any atom is -0.306 e. The first kappa shape index (κ1) is 13.6. The van der Waals surface area contributed by atoms with Crippen molar-refractivity contribution in [1.29, 1.82) is 0 Å². The first-order valence-electron chi connectivity index (χ1n) is 6.30. The standard InChI is InChI=1S/C15H16F2N2/c1-2-7-19-15(11-5-8-18-9-6-11)13-10-12(16)3-4-14(13)17/h3-6,8-10,15,19H,2,7H2,1H3. The van der Waals surface area contributed by atoms with E-state index in [-0.39, 0.29) is 6.04 Å². The van der Waals surface area contributed by atoms with Crippen molar-refractivity contribution in [2.75, 3.05) is 6.54 Å². The van der Waals surface area contributed by atoms with Gasteiger partial charge in [-0.2, -0.15) is 0 Å². The lowest BCUT2D eigenvalue weighted by Crippen LogP contribution is -2.24. The Morgan fingerprint density at radius 2 is 1.89 bits per heavy atom. The van der Waals surface area contributed by atoms with Gasteiger partial charge in [0.1, 0.15) is 11.6 Å². The molecule has 1 atom stereocenters. The molecule has 0 aliphatic rings. The highest BCUT2D eigenvalue weighted by Gasteiger charge is 2.17. The van der Waals surface area contributed by atoms with Crippen molar-refractivity contribution in [1.82, 2.24) is 10.3 Å². The van der Waals surface area contributed by atoms with Gasteiger partial charge in [-0.1, -0.05) is 6.92 Å². The predicted octanol–water partition coefficient (Wildman–Crippen LogP) is 3.45. The highest BCUT2D eigenvalue weighted by atomic mass is 19.1. The zero-order valence-electron chi connectivity index (χ0n) is 10.7. The van der Waals surface area contributed by atoms with Crippen LogP contribution in [0.4, 0.5) is 8.78 Å². The Morgan fingerprint density at radius 1 is 1.16 bits per heavy atom. The van der Waals surface area contributed by atoms with E-state index in [0.29, 0.717) is 5.56 Å². The molecule has 2 rings (SSSR count). The van der Waals surface area contributed by atoms with Crippen LogP contribution in [0.25, 0.3) is 0 Å². The van der Waals surface area contributed by atoms with Crippen molar-refractivity contribution in [3.8, 4) is 0 Å². The van der Waals surface area contributed by atoms with Gasteiger partial charge in [-0.05, 0) is 48.9 Å². The van der Waals surface area contributed by atoms with Crippen molar-refractivity contribution in [2.45, 2.75) is 19.4 Å². The van der Waals surface area contributed by atoms with Crippen LogP contribution in [0.3, 0.4) is 0 Å². The fourth-order valence-electron chi connectivity index (χ4n) is 1.99. The van der Waals surface area contributed by atoms with E-state index in [1.807, 2.05) is 6.92 Å². The Labute approximate surface area is 111 Å². The van der Waals surface area contributed by atoms with E-state index in [9.17, 15) is 8.78 Å². The van der Waals surface area contributed by atoms with E-state index in [1.54, 1.807) is 24.5 Å². The smallest absolute Gasteiger partial charge is 0.128 e. The molecule has 100 valence electrons. The topological polar surface area (TPSA) is 24.9 Å². The molecule has 1 aromatic heterocycles. The van der Waals surface area contributed by atoms with Gasteiger partial charge in [-0.25, -0.2) is 8.78 Å².